The van der Waals surface area contributed by atoms with Gasteiger partial charge in [0.1, 0.15) is 0 Å². The van der Waals surface area contributed by atoms with Gasteiger partial charge in [0.2, 0.25) is 10.0 Å². The number of aromatic nitrogens is 1. The van der Waals surface area contributed by atoms with E-state index in [9.17, 15) is 13.2 Å². The average molecular weight is 312 g/mol. The molecule has 0 radical (unpaired) electrons. The molecular weight excluding hydrogens is 292 g/mol. The summed E-state index contributed by atoms with van der Waals surface area (Å²) >= 11 is 0. The number of carboxylic acid groups (broad SMARTS) is 1. The third kappa shape index (κ3) is 5.09. The number of rotatable bonds is 6. The highest BCUT2D eigenvalue weighted by Crippen LogP contribution is 2.24. The molecule has 0 aromatic carbocycles. The first-order valence-electron chi connectivity index (χ1n) is 7.09. The average Bonchev–Trinajstić information content (AvgIpc) is 2.46. The molecule has 1 heterocycles. The molecule has 2 unspecified atom stereocenters. The number of aryl methyl sites for hydroxylation is 1. The maximum Gasteiger partial charge on any atom is 0.306 e. The fourth-order valence-electron chi connectivity index (χ4n) is 2.62. The van der Waals surface area contributed by atoms with Gasteiger partial charge in [0.05, 0.1) is 11.7 Å². The highest BCUT2D eigenvalue weighted by atomic mass is 32.2. The summed E-state index contributed by atoms with van der Waals surface area (Å²) in [6, 6.07) is 5.12. The Morgan fingerprint density at radius 3 is 2.86 bits per heavy atom. The minimum atomic E-state index is -3.41. The van der Waals surface area contributed by atoms with Gasteiger partial charge in [-0.25, -0.2) is 13.1 Å². The lowest BCUT2D eigenvalue weighted by Crippen LogP contribution is -2.41. The minimum Gasteiger partial charge on any atom is -0.481 e. The van der Waals surface area contributed by atoms with Crippen molar-refractivity contribution in [2.45, 2.75) is 38.1 Å². The van der Waals surface area contributed by atoms with E-state index in [1.54, 1.807) is 18.3 Å². The van der Waals surface area contributed by atoms with E-state index < -0.39 is 21.9 Å². The van der Waals surface area contributed by atoms with Crippen molar-refractivity contribution in [3.8, 4) is 0 Å². The lowest BCUT2D eigenvalue weighted by atomic mass is 9.86. The molecule has 1 aromatic rings. The number of nitrogens with one attached hydrogen (secondary N) is 1. The number of hydrogen-bond acceptors (Lipinski definition) is 4. The SMILES string of the molecule is O=C(O)C1CCCC(NS(=O)(=O)CCc2ccccn2)C1. The monoisotopic (exact) mass is 312 g/mol. The standard InChI is InChI=1S/C14H20N2O4S/c17-14(18)11-4-3-6-13(10-11)16-21(19,20)9-7-12-5-1-2-8-15-12/h1-2,5,8,11,13,16H,3-4,6-7,9-10H2,(H,17,18). The summed E-state index contributed by atoms with van der Waals surface area (Å²) in [7, 11) is -3.41. The van der Waals surface area contributed by atoms with Crippen LogP contribution in [-0.2, 0) is 21.2 Å². The number of carbonyl (C=O) groups is 1. The largest absolute Gasteiger partial charge is 0.481 e. The summed E-state index contributed by atoms with van der Waals surface area (Å²) in [5.74, 6) is -1.31. The molecule has 0 spiro atoms. The molecule has 1 saturated carbocycles. The van der Waals surface area contributed by atoms with Crippen LogP contribution in [0.3, 0.4) is 0 Å². The van der Waals surface area contributed by atoms with Crippen LogP contribution in [0.2, 0.25) is 0 Å². The van der Waals surface area contributed by atoms with E-state index in [4.69, 9.17) is 5.11 Å². The van der Waals surface area contributed by atoms with Crippen molar-refractivity contribution < 1.29 is 18.3 Å². The number of carboxylic acids is 1. The lowest BCUT2D eigenvalue weighted by Gasteiger charge is -2.27. The van der Waals surface area contributed by atoms with E-state index in [-0.39, 0.29) is 11.8 Å². The van der Waals surface area contributed by atoms with Gasteiger partial charge in [0.25, 0.3) is 0 Å². The Labute approximate surface area is 124 Å². The second-order valence-electron chi connectivity index (χ2n) is 5.41. The summed E-state index contributed by atoms with van der Waals surface area (Å²) in [5.41, 5.74) is 0.731. The molecule has 21 heavy (non-hydrogen) atoms. The number of hydrogen-bond donors (Lipinski definition) is 2. The maximum absolute atomic E-state index is 12.1. The fraction of sp³-hybridized carbons (Fsp3) is 0.571. The van der Waals surface area contributed by atoms with E-state index in [0.717, 1.165) is 12.1 Å². The molecule has 0 amide bonds. The summed E-state index contributed by atoms with van der Waals surface area (Å²) in [6.45, 7) is 0. The van der Waals surface area contributed by atoms with Gasteiger partial charge in [-0.05, 0) is 31.4 Å². The van der Waals surface area contributed by atoms with Crippen LogP contribution in [0.1, 0.15) is 31.4 Å². The van der Waals surface area contributed by atoms with Crippen LogP contribution in [0, 0.1) is 5.92 Å². The molecule has 6 nitrogen and oxygen atoms in total. The van der Waals surface area contributed by atoms with E-state index in [1.165, 1.54) is 0 Å². The van der Waals surface area contributed by atoms with Gasteiger partial charge < -0.3 is 5.11 Å². The Kier molecular flexibility index (Phi) is 5.30. The van der Waals surface area contributed by atoms with Crippen molar-refractivity contribution in [2.75, 3.05) is 5.75 Å². The summed E-state index contributed by atoms with van der Waals surface area (Å²) in [4.78, 5) is 15.1. The van der Waals surface area contributed by atoms with Gasteiger partial charge in [-0.15, -0.1) is 0 Å². The first kappa shape index (κ1) is 15.9. The second-order valence-corrected chi connectivity index (χ2v) is 7.28. The molecular formula is C14H20N2O4S. The molecule has 116 valence electrons. The smallest absolute Gasteiger partial charge is 0.306 e. The van der Waals surface area contributed by atoms with Gasteiger partial charge in [-0.3, -0.25) is 9.78 Å². The molecule has 2 N–H and O–H groups in total. The van der Waals surface area contributed by atoms with Crippen LogP contribution in [-0.4, -0.2) is 36.3 Å². The molecule has 1 aliphatic rings. The molecule has 7 heteroatoms. The zero-order valence-corrected chi connectivity index (χ0v) is 12.6. The highest BCUT2D eigenvalue weighted by Gasteiger charge is 2.29. The maximum atomic E-state index is 12.1. The first-order valence-corrected chi connectivity index (χ1v) is 8.74. The van der Waals surface area contributed by atoms with E-state index >= 15 is 0 Å². The van der Waals surface area contributed by atoms with E-state index in [1.807, 2.05) is 6.07 Å². The fourth-order valence-corrected chi connectivity index (χ4v) is 3.94. The molecule has 1 aromatic heterocycles. The first-order chi connectivity index (χ1) is 9.96. The molecule has 0 saturated heterocycles. The minimum absolute atomic E-state index is 0.0295. The predicted octanol–water partition coefficient (Wildman–Crippen LogP) is 1.19. The Morgan fingerprint density at radius 1 is 1.38 bits per heavy atom. The number of nitrogens with zero attached hydrogens (tertiary/aromatic N) is 1. The Hall–Kier alpha value is -1.47. The molecule has 0 bridgehead atoms. The van der Waals surface area contributed by atoms with Crippen LogP contribution in [0.25, 0.3) is 0 Å². The molecule has 1 fully saturated rings. The van der Waals surface area contributed by atoms with Crippen molar-refractivity contribution in [1.82, 2.24) is 9.71 Å². The van der Waals surface area contributed by atoms with Gasteiger partial charge in [0.15, 0.2) is 0 Å². The van der Waals surface area contributed by atoms with Gasteiger partial charge >= 0.3 is 5.97 Å². The van der Waals surface area contributed by atoms with Crippen LogP contribution in [0.5, 0.6) is 0 Å². The second kappa shape index (κ2) is 7.00. The molecule has 1 aliphatic carbocycles. The van der Waals surface area contributed by atoms with Crippen LogP contribution in [0.4, 0.5) is 0 Å². The van der Waals surface area contributed by atoms with Crippen LogP contribution >= 0.6 is 0 Å². The van der Waals surface area contributed by atoms with Gasteiger partial charge in [-0.1, -0.05) is 12.5 Å². The summed E-state index contributed by atoms with van der Waals surface area (Å²) in [5, 5.41) is 9.02. The summed E-state index contributed by atoms with van der Waals surface area (Å²) < 4.78 is 26.8. The third-order valence-corrected chi connectivity index (χ3v) is 5.16. The Bertz CT molecular complexity index is 574. The quantitative estimate of drug-likeness (QED) is 0.822. The number of sulfonamides is 1. The molecule has 2 atom stereocenters. The highest BCUT2D eigenvalue weighted by molar-refractivity contribution is 7.89. The molecule has 0 aliphatic heterocycles. The van der Waals surface area contributed by atoms with Crippen LogP contribution < -0.4 is 4.72 Å². The summed E-state index contributed by atoms with van der Waals surface area (Å²) in [6.07, 6.45) is 4.43. The van der Waals surface area contributed by atoms with Crippen molar-refractivity contribution in [3.05, 3.63) is 30.1 Å². The van der Waals surface area contributed by atoms with Crippen molar-refractivity contribution in [1.29, 1.82) is 0 Å². The topological polar surface area (TPSA) is 96.4 Å². The van der Waals surface area contributed by atoms with Crippen molar-refractivity contribution >= 4 is 16.0 Å². The lowest BCUT2D eigenvalue weighted by molar-refractivity contribution is -0.143. The Morgan fingerprint density at radius 2 is 2.19 bits per heavy atom. The number of pyridine rings is 1. The Balaban J connectivity index is 1.87. The zero-order valence-electron chi connectivity index (χ0n) is 11.7. The van der Waals surface area contributed by atoms with Crippen molar-refractivity contribution in [2.24, 2.45) is 5.92 Å². The van der Waals surface area contributed by atoms with Gasteiger partial charge in [-0.2, -0.15) is 0 Å². The third-order valence-electron chi connectivity index (χ3n) is 3.72. The normalized spacial score (nSPS) is 22.9. The van der Waals surface area contributed by atoms with Gasteiger partial charge in [0, 0.05) is 24.4 Å². The van der Waals surface area contributed by atoms with Crippen molar-refractivity contribution in [3.63, 3.8) is 0 Å². The van der Waals surface area contributed by atoms with E-state index in [0.29, 0.717) is 25.7 Å². The predicted molar refractivity (Wildman–Crippen MR) is 78.2 cm³/mol. The van der Waals surface area contributed by atoms with E-state index in [2.05, 4.69) is 9.71 Å². The van der Waals surface area contributed by atoms with Crippen LogP contribution in [0.15, 0.2) is 24.4 Å². The zero-order chi connectivity index (χ0) is 15.3. The number of aliphatic carboxylic acids is 1. The molecule has 2 rings (SSSR count).